The van der Waals surface area contributed by atoms with E-state index in [0.29, 0.717) is 12.1 Å². The van der Waals surface area contributed by atoms with Crippen LogP contribution in [0, 0.1) is 0 Å². The zero-order chi connectivity index (χ0) is 14.5. The van der Waals surface area contributed by atoms with Crippen LogP contribution in [0.2, 0.25) is 0 Å². The predicted molar refractivity (Wildman–Crippen MR) is 88.8 cm³/mol. The average Bonchev–Trinajstić information content (AvgIpc) is 2.44. The Bertz CT molecular complexity index is 588. The fraction of sp³-hybridized carbons (Fsp3) is 0.188. The number of nitrogens with one attached hydrogen (secondary N) is 1. The van der Waals surface area contributed by atoms with Gasteiger partial charge in [-0.3, -0.25) is 4.79 Å². The lowest BCUT2D eigenvalue weighted by Gasteiger charge is -2.07. The third-order valence-corrected chi connectivity index (χ3v) is 3.92. The molecule has 2 aromatic carbocycles. The molecule has 1 N–H and O–H groups in total. The van der Waals surface area contributed by atoms with Crippen molar-refractivity contribution < 1.29 is 4.79 Å². The van der Waals surface area contributed by atoms with E-state index in [2.05, 4.69) is 68.4 Å². The Labute approximate surface area is 135 Å². The van der Waals surface area contributed by atoms with Gasteiger partial charge in [-0.15, -0.1) is 0 Å². The number of carbonyl (C=O) groups excluding carboxylic acids is 1. The molecule has 1 amide bonds. The van der Waals surface area contributed by atoms with Gasteiger partial charge in [-0.05, 0) is 35.7 Å². The average molecular weight is 397 g/mol. The Kier molecular flexibility index (Phi) is 5.38. The predicted octanol–water partition coefficient (Wildman–Crippen LogP) is 4.70. The number of halogens is 2. The van der Waals surface area contributed by atoms with Crippen LogP contribution in [-0.4, -0.2) is 5.91 Å². The molecule has 0 fully saturated rings. The summed E-state index contributed by atoms with van der Waals surface area (Å²) in [5.74, 6) is -0.0773. The molecule has 0 aliphatic rings. The quantitative estimate of drug-likeness (QED) is 0.796. The Morgan fingerprint density at radius 3 is 2.10 bits per heavy atom. The van der Waals surface area contributed by atoms with E-state index in [-0.39, 0.29) is 5.91 Å². The SMILES string of the molecule is CCc1ccc(CNC(=O)c2cc(Br)cc(Br)c2)cc1. The molecule has 0 aliphatic carbocycles. The van der Waals surface area contributed by atoms with Gasteiger partial charge in [0.25, 0.3) is 5.91 Å². The van der Waals surface area contributed by atoms with E-state index in [0.717, 1.165) is 20.9 Å². The summed E-state index contributed by atoms with van der Waals surface area (Å²) in [4.78, 5) is 12.1. The second-order valence-corrected chi connectivity index (χ2v) is 6.34. The van der Waals surface area contributed by atoms with Crippen LogP contribution in [0.1, 0.15) is 28.4 Å². The first-order valence-electron chi connectivity index (χ1n) is 6.40. The summed E-state index contributed by atoms with van der Waals surface area (Å²) in [6.07, 6.45) is 1.03. The lowest BCUT2D eigenvalue weighted by Crippen LogP contribution is -2.22. The molecule has 2 aromatic rings. The molecule has 0 aromatic heterocycles. The van der Waals surface area contributed by atoms with Crippen LogP contribution < -0.4 is 5.32 Å². The number of carbonyl (C=O) groups is 1. The van der Waals surface area contributed by atoms with Gasteiger partial charge in [0.05, 0.1) is 0 Å². The molecule has 0 saturated heterocycles. The van der Waals surface area contributed by atoms with Crippen LogP contribution in [0.4, 0.5) is 0 Å². The number of aryl methyl sites for hydroxylation is 1. The van der Waals surface area contributed by atoms with Crippen molar-refractivity contribution in [3.63, 3.8) is 0 Å². The molecule has 0 saturated carbocycles. The second-order valence-electron chi connectivity index (χ2n) is 4.51. The Balaban J connectivity index is 2.00. The van der Waals surface area contributed by atoms with Gasteiger partial charge < -0.3 is 5.32 Å². The van der Waals surface area contributed by atoms with Crippen LogP contribution in [0.5, 0.6) is 0 Å². The summed E-state index contributed by atoms with van der Waals surface area (Å²) in [5.41, 5.74) is 3.04. The first kappa shape index (κ1) is 15.3. The molecule has 4 heteroatoms. The summed E-state index contributed by atoms with van der Waals surface area (Å²) in [6.45, 7) is 2.66. The fourth-order valence-electron chi connectivity index (χ4n) is 1.86. The van der Waals surface area contributed by atoms with E-state index in [1.807, 2.05) is 6.07 Å². The van der Waals surface area contributed by atoms with Crippen molar-refractivity contribution in [3.8, 4) is 0 Å². The zero-order valence-electron chi connectivity index (χ0n) is 11.1. The second kappa shape index (κ2) is 7.04. The Morgan fingerprint density at radius 2 is 1.55 bits per heavy atom. The maximum Gasteiger partial charge on any atom is 0.251 e. The molecule has 104 valence electrons. The number of hydrogen-bond donors (Lipinski definition) is 1. The van der Waals surface area contributed by atoms with Gasteiger partial charge in [0, 0.05) is 21.1 Å². The van der Waals surface area contributed by atoms with E-state index in [9.17, 15) is 4.79 Å². The third-order valence-electron chi connectivity index (χ3n) is 3.01. The minimum Gasteiger partial charge on any atom is -0.348 e. The van der Waals surface area contributed by atoms with E-state index >= 15 is 0 Å². The summed E-state index contributed by atoms with van der Waals surface area (Å²) in [7, 11) is 0. The first-order chi connectivity index (χ1) is 9.58. The van der Waals surface area contributed by atoms with Gasteiger partial charge in [0.2, 0.25) is 0 Å². The zero-order valence-corrected chi connectivity index (χ0v) is 14.3. The smallest absolute Gasteiger partial charge is 0.251 e. The molecule has 0 heterocycles. The van der Waals surface area contributed by atoms with Crippen molar-refractivity contribution in [2.45, 2.75) is 19.9 Å². The van der Waals surface area contributed by atoms with Crippen LogP contribution in [0.15, 0.2) is 51.4 Å². The van der Waals surface area contributed by atoms with E-state index in [1.165, 1.54) is 5.56 Å². The number of rotatable bonds is 4. The fourth-order valence-corrected chi connectivity index (χ4v) is 3.16. The van der Waals surface area contributed by atoms with Crippen LogP contribution in [-0.2, 0) is 13.0 Å². The minimum absolute atomic E-state index is 0.0773. The number of benzene rings is 2. The molecule has 2 rings (SSSR count). The van der Waals surface area contributed by atoms with E-state index in [4.69, 9.17) is 0 Å². The highest BCUT2D eigenvalue weighted by molar-refractivity contribution is 9.11. The van der Waals surface area contributed by atoms with Gasteiger partial charge in [-0.1, -0.05) is 63.0 Å². The molecule has 0 radical (unpaired) electrons. The molecule has 0 unspecified atom stereocenters. The highest BCUT2D eigenvalue weighted by Gasteiger charge is 2.07. The van der Waals surface area contributed by atoms with Crippen molar-refractivity contribution in [1.29, 1.82) is 0 Å². The third kappa shape index (κ3) is 4.18. The molecule has 20 heavy (non-hydrogen) atoms. The lowest BCUT2D eigenvalue weighted by molar-refractivity contribution is 0.0951. The van der Waals surface area contributed by atoms with Crippen LogP contribution in [0.3, 0.4) is 0 Å². The van der Waals surface area contributed by atoms with Crippen LogP contribution >= 0.6 is 31.9 Å². The molecule has 2 nitrogen and oxygen atoms in total. The summed E-state index contributed by atoms with van der Waals surface area (Å²) < 4.78 is 1.76. The summed E-state index contributed by atoms with van der Waals surface area (Å²) >= 11 is 6.77. The van der Waals surface area contributed by atoms with Gasteiger partial charge in [-0.2, -0.15) is 0 Å². The van der Waals surface area contributed by atoms with E-state index in [1.54, 1.807) is 12.1 Å². The van der Waals surface area contributed by atoms with Crippen molar-refractivity contribution in [1.82, 2.24) is 5.32 Å². The molecule has 0 aliphatic heterocycles. The maximum atomic E-state index is 12.1. The number of amides is 1. The van der Waals surface area contributed by atoms with Gasteiger partial charge >= 0.3 is 0 Å². The molecular weight excluding hydrogens is 382 g/mol. The number of hydrogen-bond acceptors (Lipinski definition) is 1. The largest absolute Gasteiger partial charge is 0.348 e. The Hall–Kier alpha value is -1.13. The topological polar surface area (TPSA) is 29.1 Å². The van der Waals surface area contributed by atoms with Crippen molar-refractivity contribution in [2.75, 3.05) is 0 Å². The van der Waals surface area contributed by atoms with Crippen LogP contribution in [0.25, 0.3) is 0 Å². The van der Waals surface area contributed by atoms with Gasteiger partial charge in [-0.25, -0.2) is 0 Å². The highest BCUT2D eigenvalue weighted by atomic mass is 79.9. The van der Waals surface area contributed by atoms with Gasteiger partial charge in [0.1, 0.15) is 0 Å². The summed E-state index contributed by atoms with van der Waals surface area (Å²) in [6, 6.07) is 13.8. The molecule has 0 bridgehead atoms. The van der Waals surface area contributed by atoms with E-state index < -0.39 is 0 Å². The van der Waals surface area contributed by atoms with Crippen molar-refractivity contribution >= 4 is 37.8 Å². The standard InChI is InChI=1S/C16H15Br2NO/c1-2-11-3-5-12(6-4-11)10-19-16(20)13-7-14(17)9-15(18)8-13/h3-9H,2,10H2,1H3,(H,19,20). The first-order valence-corrected chi connectivity index (χ1v) is 7.99. The van der Waals surface area contributed by atoms with Gasteiger partial charge in [0.15, 0.2) is 0 Å². The lowest BCUT2D eigenvalue weighted by atomic mass is 10.1. The maximum absolute atomic E-state index is 12.1. The minimum atomic E-state index is -0.0773. The molecular formula is C16H15Br2NO. The molecule has 0 atom stereocenters. The van der Waals surface area contributed by atoms with Crippen molar-refractivity contribution in [3.05, 3.63) is 68.1 Å². The monoisotopic (exact) mass is 395 g/mol. The summed E-state index contributed by atoms with van der Waals surface area (Å²) in [5, 5.41) is 2.93. The Morgan fingerprint density at radius 1 is 1.00 bits per heavy atom. The highest BCUT2D eigenvalue weighted by Crippen LogP contribution is 2.20. The normalized spacial score (nSPS) is 10.3. The molecule has 0 spiro atoms. The van der Waals surface area contributed by atoms with Crippen molar-refractivity contribution in [2.24, 2.45) is 0 Å².